The van der Waals surface area contributed by atoms with E-state index in [2.05, 4.69) is 6.92 Å². The fourth-order valence-corrected chi connectivity index (χ4v) is 3.55. The second kappa shape index (κ2) is 10.4. The number of allylic oxidation sites excluding steroid dienone is 1. The van der Waals surface area contributed by atoms with Crippen molar-refractivity contribution >= 4 is 23.2 Å². The first-order valence-electron chi connectivity index (χ1n) is 10.4. The lowest BCUT2D eigenvalue weighted by Crippen LogP contribution is -1.97. The highest BCUT2D eigenvalue weighted by Gasteiger charge is 2.16. The van der Waals surface area contributed by atoms with Gasteiger partial charge in [-0.2, -0.15) is 0 Å². The SMILES string of the molecule is CCCCC(=C(c1ccc(O)cc1)c1ccc(O)cc1)c1ccc(/C=C/C(=O)O)c(F)c1. The maximum atomic E-state index is 14.8. The molecule has 3 aromatic carbocycles. The quantitative estimate of drug-likeness (QED) is 0.281. The molecule has 0 aliphatic carbocycles. The average Bonchev–Trinajstić information content (AvgIpc) is 2.77. The Bertz CT molecular complexity index is 1100. The zero-order valence-corrected chi connectivity index (χ0v) is 17.8. The fourth-order valence-electron chi connectivity index (χ4n) is 3.55. The van der Waals surface area contributed by atoms with Gasteiger partial charge < -0.3 is 15.3 Å². The molecule has 0 fully saturated rings. The summed E-state index contributed by atoms with van der Waals surface area (Å²) in [6, 6.07) is 18.4. The van der Waals surface area contributed by atoms with Gasteiger partial charge in [-0.25, -0.2) is 9.18 Å². The van der Waals surface area contributed by atoms with Gasteiger partial charge in [0.25, 0.3) is 0 Å². The first-order valence-corrected chi connectivity index (χ1v) is 10.4. The molecule has 0 heterocycles. The molecule has 0 aliphatic rings. The molecule has 5 heteroatoms. The Kier molecular flexibility index (Phi) is 7.45. The normalized spacial score (nSPS) is 10.9. The molecule has 0 amide bonds. The predicted octanol–water partition coefficient (Wildman–Crippen LogP) is 6.48. The number of hydrogen-bond donors (Lipinski definition) is 3. The lowest BCUT2D eigenvalue weighted by atomic mass is 9.86. The summed E-state index contributed by atoms with van der Waals surface area (Å²) in [5.41, 5.74) is 4.41. The Balaban J connectivity index is 2.23. The van der Waals surface area contributed by atoms with E-state index < -0.39 is 11.8 Å². The molecule has 3 rings (SSSR count). The number of carboxylic acids is 1. The zero-order chi connectivity index (χ0) is 23.1. The van der Waals surface area contributed by atoms with Gasteiger partial charge in [0, 0.05) is 11.6 Å². The molecule has 164 valence electrons. The van der Waals surface area contributed by atoms with Crippen LogP contribution in [0.3, 0.4) is 0 Å². The van der Waals surface area contributed by atoms with E-state index in [1.54, 1.807) is 36.4 Å². The van der Waals surface area contributed by atoms with Crippen molar-refractivity contribution < 1.29 is 24.5 Å². The molecule has 0 saturated carbocycles. The summed E-state index contributed by atoms with van der Waals surface area (Å²) >= 11 is 0. The largest absolute Gasteiger partial charge is 0.508 e. The van der Waals surface area contributed by atoms with Crippen LogP contribution in [0.1, 0.15) is 48.4 Å². The van der Waals surface area contributed by atoms with E-state index in [9.17, 15) is 19.4 Å². The van der Waals surface area contributed by atoms with Crippen molar-refractivity contribution in [2.75, 3.05) is 0 Å². The van der Waals surface area contributed by atoms with Crippen molar-refractivity contribution in [1.82, 2.24) is 0 Å². The minimum absolute atomic E-state index is 0.148. The molecule has 3 aromatic rings. The van der Waals surface area contributed by atoms with E-state index in [0.29, 0.717) is 12.0 Å². The number of rotatable bonds is 8. The number of carbonyl (C=O) groups is 1. The fraction of sp³-hybridized carbons (Fsp3) is 0.148. The first kappa shape index (κ1) is 22.8. The molecule has 0 radical (unpaired) electrons. The number of phenols is 2. The second-order valence-corrected chi connectivity index (χ2v) is 7.46. The Morgan fingerprint density at radius 3 is 1.88 bits per heavy atom. The molecule has 0 aliphatic heterocycles. The summed E-state index contributed by atoms with van der Waals surface area (Å²) in [6.07, 6.45) is 4.67. The molecule has 4 nitrogen and oxygen atoms in total. The van der Waals surface area contributed by atoms with E-state index in [1.165, 1.54) is 12.1 Å². The number of carboxylic acid groups (broad SMARTS) is 1. The number of aliphatic carboxylic acids is 1. The second-order valence-electron chi connectivity index (χ2n) is 7.46. The summed E-state index contributed by atoms with van der Waals surface area (Å²) in [7, 11) is 0. The number of halogens is 1. The van der Waals surface area contributed by atoms with E-state index in [1.807, 2.05) is 24.3 Å². The van der Waals surface area contributed by atoms with Gasteiger partial charge in [-0.15, -0.1) is 0 Å². The van der Waals surface area contributed by atoms with Crippen LogP contribution in [-0.4, -0.2) is 21.3 Å². The van der Waals surface area contributed by atoms with Gasteiger partial charge in [-0.1, -0.05) is 49.7 Å². The summed E-state index contributed by atoms with van der Waals surface area (Å²) in [5, 5.41) is 28.3. The Labute approximate surface area is 186 Å². The Hall–Kier alpha value is -3.86. The average molecular weight is 432 g/mol. The van der Waals surface area contributed by atoms with Gasteiger partial charge in [-0.05, 0) is 77.1 Å². The van der Waals surface area contributed by atoms with Crippen LogP contribution in [0.25, 0.3) is 17.2 Å². The molecule has 0 bridgehead atoms. The van der Waals surface area contributed by atoms with Crippen molar-refractivity contribution in [2.24, 2.45) is 0 Å². The van der Waals surface area contributed by atoms with E-state index in [-0.39, 0.29) is 17.1 Å². The highest BCUT2D eigenvalue weighted by atomic mass is 19.1. The molecule has 0 atom stereocenters. The van der Waals surface area contributed by atoms with Crippen LogP contribution in [0.2, 0.25) is 0 Å². The lowest BCUT2D eigenvalue weighted by Gasteiger charge is -2.18. The molecule has 3 N–H and O–H groups in total. The van der Waals surface area contributed by atoms with E-state index in [0.717, 1.165) is 41.2 Å². The maximum absolute atomic E-state index is 14.8. The van der Waals surface area contributed by atoms with Gasteiger partial charge in [0.1, 0.15) is 17.3 Å². The minimum atomic E-state index is -1.14. The molecule has 0 spiro atoms. The van der Waals surface area contributed by atoms with Crippen LogP contribution in [0.15, 0.2) is 72.8 Å². The summed E-state index contributed by atoms with van der Waals surface area (Å²) in [6.45, 7) is 2.08. The number of hydrogen-bond acceptors (Lipinski definition) is 3. The van der Waals surface area contributed by atoms with Gasteiger partial charge in [0.05, 0.1) is 0 Å². The Morgan fingerprint density at radius 1 is 0.875 bits per heavy atom. The van der Waals surface area contributed by atoms with Gasteiger partial charge >= 0.3 is 5.97 Å². The Morgan fingerprint density at radius 2 is 1.41 bits per heavy atom. The highest BCUT2D eigenvalue weighted by molar-refractivity contribution is 5.99. The van der Waals surface area contributed by atoms with Crippen molar-refractivity contribution in [2.45, 2.75) is 26.2 Å². The summed E-state index contributed by atoms with van der Waals surface area (Å²) in [5.74, 6) is -1.35. The molecule has 0 aromatic heterocycles. The standard InChI is InChI=1S/C27H25FO4/c1-2-3-4-24(21-6-5-18(25(28)17-21)11-16-26(31)32)27(19-7-12-22(29)13-8-19)20-9-14-23(30)15-10-20/h5-17,29-30H,2-4H2,1H3,(H,31,32)/b16-11+. The van der Waals surface area contributed by atoms with Crippen molar-refractivity contribution in [3.63, 3.8) is 0 Å². The molecule has 0 unspecified atom stereocenters. The predicted molar refractivity (Wildman–Crippen MR) is 125 cm³/mol. The van der Waals surface area contributed by atoms with Crippen LogP contribution in [0, 0.1) is 5.82 Å². The minimum Gasteiger partial charge on any atom is -0.508 e. The monoisotopic (exact) mass is 432 g/mol. The molecule has 0 saturated heterocycles. The smallest absolute Gasteiger partial charge is 0.328 e. The van der Waals surface area contributed by atoms with Crippen molar-refractivity contribution in [3.05, 3.63) is 101 Å². The van der Waals surface area contributed by atoms with Gasteiger partial charge in [0.2, 0.25) is 0 Å². The van der Waals surface area contributed by atoms with Crippen LogP contribution in [0.5, 0.6) is 11.5 Å². The van der Waals surface area contributed by atoms with E-state index in [4.69, 9.17) is 5.11 Å². The van der Waals surface area contributed by atoms with Crippen molar-refractivity contribution in [3.8, 4) is 11.5 Å². The third-order valence-corrected chi connectivity index (χ3v) is 5.15. The first-order chi connectivity index (χ1) is 15.4. The van der Waals surface area contributed by atoms with Crippen LogP contribution in [0.4, 0.5) is 4.39 Å². The number of aromatic hydroxyl groups is 2. The maximum Gasteiger partial charge on any atom is 0.328 e. The highest BCUT2D eigenvalue weighted by Crippen LogP contribution is 2.37. The zero-order valence-electron chi connectivity index (χ0n) is 17.8. The number of benzene rings is 3. The number of unbranched alkanes of at least 4 members (excludes halogenated alkanes) is 1. The third kappa shape index (κ3) is 5.64. The van der Waals surface area contributed by atoms with Crippen LogP contribution >= 0.6 is 0 Å². The van der Waals surface area contributed by atoms with Crippen molar-refractivity contribution in [1.29, 1.82) is 0 Å². The van der Waals surface area contributed by atoms with Gasteiger partial charge in [0.15, 0.2) is 0 Å². The molecular weight excluding hydrogens is 407 g/mol. The van der Waals surface area contributed by atoms with Crippen LogP contribution in [-0.2, 0) is 4.79 Å². The van der Waals surface area contributed by atoms with E-state index >= 15 is 0 Å². The van der Waals surface area contributed by atoms with Crippen LogP contribution < -0.4 is 0 Å². The topological polar surface area (TPSA) is 77.8 Å². The van der Waals surface area contributed by atoms with Gasteiger partial charge in [-0.3, -0.25) is 0 Å². The summed E-state index contributed by atoms with van der Waals surface area (Å²) in [4.78, 5) is 10.8. The number of phenolic OH excluding ortho intramolecular Hbond substituents is 2. The summed E-state index contributed by atoms with van der Waals surface area (Å²) < 4.78 is 14.8. The molecular formula is C27H25FO4. The third-order valence-electron chi connectivity index (χ3n) is 5.15. The molecule has 32 heavy (non-hydrogen) atoms. The lowest BCUT2D eigenvalue weighted by molar-refractivity contribution is -0.131.